The molecule has 0 radical (unpaired) electrons. The van der Waals surface area contributed by atoms with E-state index < -0.39 is 15.9 Å². The molecule has 3 unspecified atom stereocenters. The molecule has 3 atom stereocenters. The third kappa shape index (κ3) is 3.55. The first kappa shape index (κ1) is 11.9. The second-order valence-corrected chi connectivity index (χ2v) is 6.27. The number of aliphatic hydroxyl groups excluding tert-OH is 1. The van der Waals surface area contributed by atoms with E-state index in [9.17, 15) is 13.5 Å². The van der Waals surface area contributed by atoms with Gasteiger partial charge in [-0.1, -0.05) is 0 Å². The Morgan fingerprint density at radius 3 is 2.64 bits per heavy atom. The van der Waals surface area contributed by atoms with E-state index in [2.05, 4.69) is 0 Å². The highest BCUT2D eigenvalue weighted by Gasteiger charge is 2.30. The molecule has 4 nitrogen and oxygen atoms in total. The Hall–Kier alpha value is -0.130. The van der Waals surface area contributed by atoms with Gasteiger partial charge in [-0.15, -0.1) is 0 Å². The predicted molar refractivity (Wildman–Crippen MR) is 53.9 cm³/mol. The molecule has 0 bridgehead atoms. The largest absolute Gasteiger partial charge is 0.393 e. The molecule has 0 aromatic rings. The molecule has 0 aliphatic carbocycles. The summed E-state index contributed by atoms with van der Waals surface area (Å²) in [4.78, 5) is 0. The molecule has 0 aromatic heterocycles. The topological polar surface area (TPSA) is 63.6 Å². The molecule has 0 saturated carbocycles. The third-order valence-corrected chi connectivity index (χ3v) is 3.69. The van der Waals surface area contributed by atoms with Crippen molar-refractivity contribution < 1.29 is 18.3 Å². The van der Waals surface area contributed by atoms with E-state index in [0.717, 1.165) is 6.42 Å². The summed E-state index contributed by atoms with van der Waals surface area (Å²) in [6.45, 7) is 2.59. The Bertz CT molecular complexity index is 273. The van der Waals surface area contributed by atoms with Crippen LogP contribution in [0.15, 0.2) is 0 Å². The van der Waals surface area contributed by atoms with Crippen LogP contribution in [0.2, 0.25) is 0 Å². The van der Waals surface area contributed by atoms with E-state index in [-0.39, 0.29) is 17.8 Å². The summed E-state index contributed by atoms with van der Waals surface area (Å²) in [5.74, 6) is 0.147. The van der Waals surface area contributed by atoms with Crippen LogP contribution in [0.1, 0.15) is 19.8 Å². The fourth-order valence-corrected chi connectivity index (χ4v) is 2.47. The molecule has 1 aliphatic heterocycles. The molecule has 1 heterocycles. The Morgan fingerprint density at radius 1 is 1.57 bits per heavy atom. The lowest BCUT2D eigenvalue weighted by Crippen LogP contribution is -2.28. The van der Waals surface area contributed by atoms with Gasteiger partial charge in [0, 0.05) is 18.8 Å². The molecule has 1 aliphatic rings. The molecular formula is C9H18O4S. The average molecular weight is 222 g/mol. The number of hydrogen-bond donors (Lipinski definition) is 1. The van der Waals surface area contributed by atoms with Gasteiger partial charge in [-0.3, -0.25) is 0 Å². The minimum Gasteiger partial charge on any atom is -0.393 e. The predicted octanol–water partition coefficient (Wildman–Crippen LogP) is 0.207. The first-order valence-corrected chi connectivity index (χ1v) is 6.93. The zero-order chi connectivity index (χ0) is 10.8. The molecule has 0 amide bonds. The van der Waals surface area contributed by atoms with Crippen LogP contribution in [-0.2, 0) is 14.6 Å². The highest BCUT2D eigenvalue weighted by molar-refractivity contribution is 7.90. The lowest BCUT2D eigenvalue weighted by Gasteiger charge is -2.20. The van der Waals surface area contributed by atoms with E-state index >= 15 is 0 Å². The fraction of sp³-hybridized carbons (Fsp3) is 1.00. The lowest BCUT2D eigenvalue weighted by molar-refractivity contribution is 0.0424. The molecule has 1 N–H and O–H groups in total. The zero-order valence-corrected chi connectivity index (χ0v) is 9.46. The van der Waals surface area contributed by atoms with Gasteiger partial charge in [-0.25, -0.2) is 8.42 Å². The van der Waals surface area contributed by atoms with Crippen molar-refractivity contribution >= 4 is 9.84 Å². The monoisotopic (exact) mass is 222 g/mol. The lowest BCUT2D eigenvalue weighted by atomic mass is 9.94. The fourth-order valence-electron chi connectivity index (χ4n) is 1.80. The molecular weight excluding hydrogens is 204 g/mol. The molecule has 14 heavy (non-hydrogen) atoms. The number of sulfone groups is 1. The van der Waals surface area contributed by atoms with Crippen molar-refractivity contribution in [2.45, 2.75) is 32.0 Å². The Balaban J connectivity index is 2.38. The zero-order valence-electron chi connectivity index (χ0n) is 8.64. The Labute approximate surface area is 85.2 Å². The van der Waals surface area contributed by atoms with E-state index in [0.29, 0.717) is 13.0 Å². The summed E-state index contributed by atoms with van der Waals surface area (Å²) >= 11 is 0. The summed E-state index contributed by atoms with van der Waals surface area (Å²) < 4.78 is 27.1. The molecule has 1 rings (SSSR count). The van der Waals surface area contributed by atoms with E-state index in [1.54, 1.807) is 0 Å². The SMILES string of the molecule is CC1OCCC1C(O)CCS(C)(=O)=O. The van der Waals surface area contributed by atoms with Crippen molar-refractivity contribution in [2.24, 2.45) is 5.92 Å². The molecule has 84 valence electrons. The van der Waals surface area contributed by atoms with Crippen LogP contribution in [0.5, 0.6) is 0 Å². The van der Waals surface area contributed by atoms with Gasteiger partial charge in [0.2, 0.25) is 0 Å². The van der Waals surface area contributed by atoms with Crippen molar-refractivity contribution in [3.8, 4) is 0 Å². The van der Waals surface area contributed by atoms with Crippen molar-refractivity contribution in [3.05, 3.63) is 0 Å². The quantitative estimate of drug-likeness (QED) is 0.738. The van der Waals surface area contributed by atoms with Crippen LogP contribution in [0.3, 0.4) is 0 Å². The average Bonchev–Trinajstić information content (AvgIpc) is 2.46. The number of ether oxygens (including phenoxy) is 1. The summed E-state index contributed by atoms with van der Waals surface area (Å²) in [5, 5.41) is 9.74. The van der Waals surface area contributed by atoms with Gasteiger partial charge in [0.05, 0.1) is 18.0 Å². The summed E-state index contributed by atoms with van der Waals surface area (Å²) in [7, 11) is -2.97. The van der Waals surface area contributed by atoms with Crippen LogP contribution in [0.4, 0.5) is 0 Å². The molecule has 0 spiro atoms. The maximum Gasteiger partial charge on any atom is 0.147 e. The maximum absolute atomic E-state index is 10.9. The summed E-state index contributed by atoms with van der Waals surface area (Å²) in [6.07, 6.45) is 1.82. The van der Waals surface area contributed by atoms with Crippen LogP contribution < -0.4 is 0 Å². The third-order valence-electron chi connectivity index (χ3n) is 2.71. The smallest absolute Gasteiger partial charge is 0.147 e. The van der Waals surface area contributed by atoms with Crippen LogP contribution in [0, 0.1) is 5.92 Å². The number of hydrogen-bond acceptors (Lipinski definition) is 4. The van der Waals surface area contributed by atoms with Crippen molar-refractivity contribution in [1.29, 1.82) is 0 Å². The van der Waals surface area contributed by atoms with Crippen LogP contribution >= 0.6 is 0 Å². The highest BCUT2D eigenvalue weighted by Crippen LogP contribution is 2.25. The maximum atomic E-state index is 10.9. The molecule has 5 heteroatoms. The first-order chi connectivity index (χ1) is 6.40. The van der Waals surface area contributed by atoms with E-state index in [4.69, 9.17) is 4.74 Å². The second kappa shape index (κ2) is 4.59. The Kier molecular flexibility index (Phi) is 3.92. The molecule has 1 fully saturated rings. The summed E-state index contributed by atoms with van der Waals surface area (Å²) in [6, 6.07) is 0. The van der Waals surface area contributed by atoms with Gasteiger partial charge in [0.25, 0.3) is 0 Å². The van der Waals surface area contributed by atoms with Gasteiger partial charge in [0.1, 0.15) is 9.84 Å². The van der Waals surface area contributed by atoms with Gasteiger partial charge < -0.3 is 9.84 Å². The van der Waals surface area contributed by atoms with Gasteiger partial charge in [0.15, 0.2) is 0 Å². The van der Waals surface area contributed by atoms with Gasteiger partial charge in [-0.05, 0) is 19.8 Å². The van der Waals surface area contributed by atoms with Crippen LogP contribution in [0.25, 0.3) is 0 Å². The normalized spacial score (nSPS) is 30.5. The molecule has 1 saturated heterocycles. The summed E-state index contributed by atoms with van der Waals surface area (Å²) in [5.41, 5.74) is 0. The van der Waals surface area contributed by atoms with Gasteiger partial charge in [-0.2, -0.15) is 0 Å². The van der Waals surface area contributed by atoms with Crippen LogP contribution in [-0.4, -0.2) is 44.3 Å². The van der Waals surface area contributed by atoms with Crippen molar-refractivity contribution in [1.82, 2.24) is 0 Å². The standard InChI is InChI=1S/C9H18O4S/c1-7-8(3-5-13-7)9(10)4-6-14(2,11)12/h7-10H,3-6H2,1-2H3. The molecule has 0 aromatic carbocycles. The van der Waals surface area contributed by atoms with Gasteiger partial charge >= 0.3 is 0 Å². The van der Waals surface area contributed by atoms with E-state index in [1.807, 2.05) is 6.92 Å². The second-order valence-electron chi connectivity index (χ2n) is 4.01. The van der Waals surface area contributed by atoms with E-state index in [1.165, 1.54) is 6.26 Å². The number of aliphatic hydroxyl groups is 1. The van der Waals surface area contributed by atoms with Crippen molar-refractivity contribution in [3.63, 3.8) is 0 Å². The Morgan fingerprint density at radius 2 is 2.21 bits per heavy atom. The van der Waals surface area contributed by atoms with Crippen molar-refractivity contribution in [2.75, 3.05) is 18.6 Å². The first-order valence-electron chi connectivity index (χ1n) is 4.87. The highest BCUT2D eigenvalue weighted by atomic mass is 32.2. The minimum atomic E-state index is -2.97. The minimum absolute atomic E-state index is 0.0459. The number of rotatable bonds is 4.